The number of hydrogen-bond donors (Lipinski definition) is 3. The second-order valence-electron chi connectivity index (χ2n) is 4.43. The number of hydrogen-bond acceptors (Lipinski definition) is 6. The molecule has 1 heterocycles. The number of nitrogens with zero attached hydrogens (tertiary/aromatic N) is 1. The van der Waals surface area contributed by atoms with E-state index in [0.29, 0.717) is 22.7 Å². The Morgan fingerprint density at radius 1 is 1.45 bits per heavy atom. The van der Waals surface area contributed by atoms with Crippen LogP contribution in [-0.4, -0.2) is 54.2 Å². The minimum Gasteiger partial charge on any atom is -0.493 e. The Morgan fingerprint density at radius 3 is 2.80 bits per heavy atom. The second kappa shape index (κ2) is 6.08. The molecular weight excluding hydrogens is 266 g/mol. The number of ether oxygens (including phenoxy) is 2. The van der Waals surface area contributed by atoms with Crippen LogP contribution in [0.4, 0.5) is 5.69 Å². The summed E-state index contributed by atoms with van der Waals surface area (Å²) >= 11 is 0. The van der Waals surface area contributed by atoms with Gasteiger partial charge >= 0.3 is 0 Å². The van der Waals surface area contributed by atoms with Gasteiger partial charge in [0.15, 0.2) is 18.1 Å². The lowest BCUT2D eigenvalue weighted by atomic mass is 10.1. The van der Waals surface area contributed by atoms with Crippen LogP contribution in [0.3, 0.4) is 0 Å². The normalized spacial score (nSPS) is 15.6. The number of amides is 1. The lowest BCUT2D eigenvalue weighted by molar-refractivity contribution is -0.121. The zero-order valence-corrected chi connectivity index (χ0v) is 11.1. The molecule has 3 N–H and O–H groups in total. The van der Waals surface area contributed by atoms with Crippen molar-refractivity contribution in [1.82, 2.24) is 0 Å². The fourth-order valence-electron chi connectivity index (χ4n) is 2.05. The first-order chi connectivity index (χ1) is 9.60. The molecule has 1 unspecified atom stereocenters. The Hall–Kier alpha value is -1.83. The lowest BCUT2D eigenvalue weighted by Gasteiger charge is -2.31. The van der Waals surface area contributed by atoms with Crippen LogP contribution in [0.5, 0.6) is 11.5 Å². The van der Waals surface area contributed by atoms with Gasteiger partial charge in [-0.25, -0.2) is 0 Å². The molecule has 0 aromatic heterocycles. The van der Waals surface area contributed by atoms with Gasteiger partial charge < -0.3 is 29.7 Å². The molecule has 0 fully saturated rings. The number of benzene rings is 1. The molecule has 1 amide bonds. The Balaban J connectivity index is 2.45. The highest BCUT2D eigenvalue weighted by Gasteiger charge is 2.30. The molecule has 0 saturated heterocycles. The summed E-state index contributed by atoms with van der Waals surface area (Å²) in [4.78, 5) is 13.2. The topological polar surface area (TPSA) is 99.5 Å². The van der Waals surface area contributed by atoms with E-state index in [-0.39, 0.29) is 25.7 Å². The molecule has 1 aromatic carbocycles. The van der Waals surface area contributed by atoms with Crippen LogP contribution in [0.25, 0.3) is 0 Å². The molecule has 7 heteroatoms. The summed E-state index contributed by atoms with van der Waals surface area (Å²) in [5.74, 6) is 0.458. The molecule has 1 atom stereocenters. The molecule has 0 aliphatic carbocycles. The van der Waals surface area contributed by atoms with Gasteiger partial charge in [-0.05, 0) is 17.7 Å². The summed E-state index contributed by atoms with van der Waals surface area (Å²) in [5.41, 5.74) is 0.972. The maximum absolute atomic E-state index is 11.9. The molecule has 110 valence electrons. The Labute approximate surface area is 116 Å². The van der Waals surface area contributed by atoms with E-state index in [4.69, 9.17) is 14.6 Å². The molecule has 7 nitrogen and oxygen atoms in total. The average Bonchev–Trinajstić information content (AvgIpc) is 2.48. The number of methoxy groups -OCH3 is 1. The quantitative estimate of drug-likeness (QED) is 0.658. The highest BCUT2D eigenvalue weighted by atomic mass is 16.5. The largest absolute Gasteiger partial charge is 0.493 e. The van der Waals surface area contributed by atoms with Gasteiger partial charge in [0, 0.05) is 0 Å². The maximum atomic E-state index is 11.9. The second-order valence-corrected chi connectivity index (χ2v) is 4.43. The van der Waals surface area contributed by atoms with Crippen LogP contribution in [-0.2, 0) is 11.4 Å². The zero-order valence-electron chi connectivity index (χ0n) is 11.1. The SMILES string of the molecule is COc1cc(CO)cc2c1OCC(=O)N2CC(O)CO. The fourth-order valence-corrected chi connectivity index (χ4v) is 2.05. The van der Waals surface area contributed by atoms with E-state index >= 15 is 0 Å². The van der Waals surface area contributed by atoms with Crippen LogP contribution in [0, 0.1) is 0 Å². The Morgan fingerprint density at radius 2 is 2.20 bits per heavy atom. The van der Waals surface area contributed by atoms with Gasteiger partial charge in [-0.2, -0.15) is 0 Å². The summed E-state index contributed by atoms with van der Waals surface area (Å²) in [6, 6.07) is 3.22. The fraction of sp³-hybridized carbons (Fsp3) is 0.462. The number of aliphatic hydroxyl groups excluding tert-OH is 3. The third kappa shape index (κ3) is 2.69. The van der Waals surface area contributed by atoms with Crippen LogP contribution >= 0.6 is 0 Å². The smallest absolute Gasteiger partial charge is 0.265 e. The van der Waals surface area contributed by atoms with Crippen molar-refractivity contribution in [2.24, 2.45) is 0 Å². The molecule has 0 bridgehead atoms. The summed E-state index contributed by atoms with van der Waals surface area (Å²) in [5, 5.41) is 27.7. The van der Waals surface area contributed by atoms with Crippen LogP contribution in [0.15, 0.2) is 12.1 Å². The van der Waals surface area contributed by atoms with Gasteiger partial charge in [0.05, 0.1) is 38.7 Å². The predicted octanol–water partition coefficient (Wildman–Crippen LogP) is -0.734. The van der Waals surface area contributed by atoms with Gasteiger partial charge in [0.2, 0.25) is 0 Å². The molecule has 0 radical (unpaired) electrons. The van der Waals surface area contributed by atoms with E-state index < -0.39 is 12.7 Å². The molecule has 0 spiro atoms. The van der Waals surface area contributed by atoms with Crippen LogP contribution in [0.2, 0.25) is 0 Å². The molecule has 1 aliphatic rings. The number of rotatable bonds is 5. The van der Waals surface area contributed by atoms with Gasteiger partial charge in [-0.15, -0.1) is 0 Å². The summed E-state index contributed by atoms with van der Waals surface area (Å²) in [6.45, 7) is -0.880. The lowest BCUT2D eigenvalue weighted by Crippen LogP contribution is -2.44. The standard InChI is InChI=1S/C13H17NO6/c1-19-11-3-8(5-15)2-10-13(11)20-7-12(18)14(10)4-9(17)6-16/h2-3,9,15-17H,4-7H2,1H3. The zero-order chi connectivity index (χ0) is 14.7. The van der Waals surface area contributed by atoms with Gasteiger partial charge in [0.25, 0.3) is 5.91 Å². The summed E-state index contributed by atoms with van der Waals surface area (Å²) < 4.78 is 10.5. The van der Waals surface area contributed by atoms with Crippen molar-refractivity contribution >= 4 is 11.6 Å². The molecule has 0 saturated carbocycles. The van der Waals surface area contributed by atoms with E-state index in [1.807, 2.05) is 0 Å². The van der Waals surface area contributed by atoms with Crippen molar-refractivity contribution in [3.63, 3.8) is 0 Å². The van der Waals surface area contributed by atoms with Gasteiger partial charge in [0.1, 0.15) is 0 Å². The van der Waals surface area contributed by atoms with Crippen molar-refractivity contribution in [2.45, 2.75) is 12.7 Å². The first kappa shape index (κ1) is 14.6. The summed E-state index contributed by atoms with van der Waals surface area (Å²) in [7, 11) is 1.46. The van der Waals surface area contributed by atoms with Crippen molar-refractivity contribution in [3.05, 3.63) is 17.7 Å². The number of carbonyl (C=O) groups is 1. The van der Waals surface area contributed by atoms with Crippen molar-refractivity contribution in [2.75, 3.05) is 31.8 Å². The van der Waals surface area contributed by atoms with Crippen molar-refractivity contribution in [3.8, 4) is 11.5 Å². The van der Waals surface area contributed by atoms with E-state index in [0.717, 1.165) is 0 Å². The average molecular weight is 283 g/mol. The Kier molecular flexibility index (Phi) is 4.43. The maximum Gasteiger partial charge on any atom is 0.265 e. The first-order valence-corrected chi connectivity index (χ1v) is 6.14. The monoisotopic (exact) mass is 283 g/mol. The number of fused-ring (bicyclic) bond motifs is 1. The van der Waals surface area contributed by atoms with Crippen molar-refractivity contribution < 1.29 is 29.6 Å². The molecule has 2 rings (SSSR count). The predicted molar refractivity (Wildman–Crippen MR) is 69.9 cm³/mol. The van der Waals surface area contributed by atoms with Crippen LogP contribution in [0.1, 0.15) is 5.56 Å². The Bertz CT molecular complexity index is 504. The number of aliphatic hydroxyl groups is 3. The van der Waals surface area contributed by atoms with Gasteiger partial charge in [-0.3, -0.25) is 4.79 Å². The molecule has 20 heavy (non-hydrogen) atoms. The summed E-state index contributed by atoms with van der Waals surface area (Å²) in [6.07, 6.45) is -1.05. The van der Waals surface area contributed by atoms with Gasteiger partial charge in [-0.1, -0.05) is 0 Å². The van der Waals surface area contributed by atoms with E-state index in [1.165, 1.54) is 12.0 Å². The third-order valence-electron chi connectivity index (χ3n) is 3.03. The highest BCUT2D eigenvalue weighted by molar-refractivity contribution is 5.98. The number of anilines is 1. The third-order valence-corrected chi connectivity index (χ3v) is 3.03. The number of carbonyl (C=O) groups excluding carboxylic acids is 1. The van der Waals surface area contributed by atoms with Crippen LogP contribution < -0.4 is 14.4 Å². The minimum absolute atomic E-state index is 0.0519. The van der Waals surface area contributed by atoms with E-state index in [9.17, 15) is 15.0 Å². The molecule has 1 aromatic rings. The number of β-amino-alcohol motifs (C(OH)–C–C–N with tert-alkyl or cyclic N) is 1. The molecular formula is C13H17NO6. The molecule has 1 aliphatic heterocycles. The van der Waals surface area contributed by atoms with E-state index in [2.05, 4.69) is 0 Å². The van der Waals surface area contributed by atoms with Crippen molar-refractivity contribution in [1.29, 1.82) is 0 Å². The minimum atomic E-state index is -1.05. The highest BCUT2D eigenvalue weighted by Crippen LogP contribution is 2.41. The first-order valence-electron chi connectivity index (χ1n) is 6.14. The van der Waals surface area contributed by atoms with E-state index in [1.54, 1.807) is 12.1 Å².